The van der Waals surface area contributed by atoms with Gasteiger partial charge in [0.05, 0.1) is 18.7 Å². The summed E-state index contributed by atoms with van der Waals surface area (Å²) < 4.78 is 5.45. The lowest BCUT2D eigenvalue weighted by Gasteiger charge is -2.28. The Labute approximate surface area is 158 Å². The zero-order chi connectivity index (χ0) is 19.0. The normalized spacial score (nSPS) is 14.7. The van der Waals surface area contributed by atoms with Crippen molar-refractivity contribution in [3.05, 3.63) is 46.6 Å². The molecule has 0 amide bonds. The topological polar surface area (TPSA) is 103 Å². The SMILES string of the molecule is Cc1cc(N2CCOCC2)nc2c(C)cc(Cc3cnc(N)nc3N)cc12. The lowest BCUT2D eigenvalue weighted by Crippen LogP contribution is -2.36. The van der Waals surface area contributed by atoms with Crippen LogP contribution in [-0.4, -0.2) is 41.3 Å². The molecule has 0 radical (unpaired) electrons. The number of aryl methyl sites for hydroxylation is 2. The van der Waals surface area contributed by atoms with E-state index in [1.54, 1.807) is 6.20 Å². The highest BCUT2D eigenvalue weighted by Gasteiger charge is 2.15. The molecule has 0 atom stereocenters. The molecule has 0 spiro atoms. The van der Waals surface area contributed by atoms with Gasteiger partial charge in [-0.3, -0.25) is 0 Å². The molecular weight excluding hydrogens is 340 g/mol. The smallest absolute Gasteiger partial charge is 0.221 e. The van der Waals surface area contributed by atoms with E-state index in [9.17, 15) is 0 Å². The molecule has 0 aliphatic carbocycles. The molecule has 1 aliphatic rings. The molecule has 1 fully saturated rings. The van der Waals surface area contributed by atoms with Crippen molar-refractivity contribution in [2.75, 3.05) is 42.7 Å². The third-order valence-electron chi connectivity index (χ3n) is 5.00. The highest BCUT2D eigenvalue weighted by molar-refractivity contribution is 5.87. The Hall–Kier alpha value is -2.93. The Morgan fingerprint density at radius 2 is 1.81 bits per heavy atom. The summed E-state index contributed by atoms with van der Waals surface area (Å²) in [7, 11) is 0. The van der Waals surface area contributed by atoms with Crippen LogP contribution in [0, 0.1) is 13.8 Å². The third kappa shape index (κ3) is 3.50. The van der Waals surface area contributed by atoms with Gasteiger partial charge in [-0.2, -0.15) is 4.98 Å². The van der Waals surface area contributed by atoms with Crippen LogP contribution in [-0.2, 0) is 11.2 Å². The first kappa shape index (κ1) is 17.5. The fourth-order valence-corrected chi connectivity index (χ4v) is 3.57. The maximum absolute atomic E-state index is 5.99. The van der Waals surface area contributed by atoms with Crippen LogP contribution in [0.15, 0.2) is 24.4 Å². The minimum atomic E-state index is 0.196. The van der Waals surface area contributed by atoms with Crippen LogP contribution in [0.5, 0.6) is 0 Å². The molecule has 4 N–H and O–H groups in total. The standard InChI is InChI=1S/C20H24N6O/c1-12-8-17(26-3-5-27-6-4-26)24-18-13(2)7-14(10-16(12)18)9-15-11-23-20(22)25-19(15)21/h7-8,10-11H,3-6,9H2,1-2H3,(H4,21,22,23,25). The van der Waals surface area contributed by atoms with Crippen LogP contribution in [0.4, 0.5) is 17.6 Å². The number of anilines is 3. The van der Waals surface area contributed by atoms with E-state index in [4.69, 9.17) is 21.2 Å². The van der Waals surface area contributed by atoms with Crippen molar-refractivity contribution in [1.82, 2.24) is 15.0 Å². The molecule has 1 aliphatic heterocycles. The number of fused-ring (bicyclic) bond motifs is 1. The Kier molecular flexibility index (Phi) is 4.53. The summed E-state index contributed by atoms with van der Waals surface area (Å²) in [5.41, 5.74) is 17.0. The van der Waals surface area contributed by atoms with Gasteiger partial charge in [0.15, 0.2) is 0 Å². The fourth-order valence-electron chi connectivity index (χ4n) is 3.57. The molecule has 7 nitrogen and oxygen atoms in total. The van der Waals surface area contributed by atoms with Crippen LogP contribution >= 0.6 is 0 Å². The molecule has 3 heterocycles. The summed E-state index contributed by atoms with van der Waals surface area (Å²) in [6.45, 7) is 7.50. The van der Waals surface area contributed by atoms with E-state index in [0.29, 0.717) is 12.2 Å². The number of rotatable bonds is 3. The minimum absolute atomic E-state index is 0.196. The van der Waals surface area contributed by atoms with Gasteiger partial charge in [-0.05, 0) is 42.7 Å². The molecule has 27 heavy (non-hydrogen) atoms. The van der Waals surface area contributed by atoms with Crippen molar-refractivity contribution in [3.63, 3.8) is 0 Å². The molecule has 0 bridgehead atoms. The van der Waals surface area contributed by atoms with Crippen molar-refractivity contribution in [3.8, 4) is 0 Å². The number of pyridine rings is 1. The largest absolute Gasteiger partial charge is 0.383 e. The quantitative estimate of drug-likeness (QED) is 0.734. The Morgan fingerprint density at radius 3 is 2.56 bits per heavy atom. The van der Waals surface area contributed by atoms with Gasteiger partial charge < -0.3 is 21.1 Å². The van der Waals surface area contributed by atoms with Gasteiger partial charge in [0.1, 0.15) is 11.6 Å². The van der Waals surface area contributed by atoms with Gasteiger partial charge in [0.25, 0.3) is 0 Å². The second kappa shape index (κ2) is 7.00. The zero-order valence-corrected chi connectivity index (χ0v) is 15.7. The molecule has 7 heteroatoms. The Balaban J connectivity index is 1.71. The Morgan fingerprint density at radius 1 is 1.04 bits per heavy atom. The van der Waals surface area contributed by atoms with Gasteiger partial charge in [-0.15, -0.1) is 0 Å². The lowest BCUT2D eigenvalue weighted by atomic mass is 9.98. The van der Waals surface area contributed by atoms with Crippen LogP contribution in [0.2, 0.25) is 0 Å². The van der Waals surface area contributed by atoms with Gasteiger partial charge in [-0.1, -0.05) is 6.07 Å². The molecule has 2 aromatic heterocycles. The molecule has 1 saturated heterocycles. The number of nitrogens with two attached hydrogens (primary N) is 2. The van der Waals surface area contributed by atoms with Crippen molar-refractivity contribution >= 4 is 28.5 Å². The summed E-state index contributed by atoms with van der Waals surface area (Å²) in [4.78, 5) is 15.3. The van der Waals surface area contributed by atoms with Gasteiger partial charge in [-0.25, -0.2) is 9.97 Å². The van der Waals surface area contributed by atoms with Crippen molar-refractivity contribution in [2.45, 2.75) is 20.3 Å². The number of aromatic nitrogens is 3. The van der Waals surface area contributed by atoms with E-state index in [1.807, 2.05) is 0 Å². The predicted molar refractivity (Wildman–Crippen MR) is 108 cm³/mol. The second-order valence-electron chi connectivity index (χ2n) is 7.02. The summed E-state index contributed by atoms with van der Waals surface area (Å²) in [5.74, 6) is 1.65. The van der Waals surface area contributed by atoms with Crippen LogP contribution < -0.4 is 16.4 Å². The number of ether oxygens (including phenoxy) is 1. The minimum Gasteiger partial charge on any atom is -0.383 e. The van der Waals surface area contributed by atoms with Crippen LogP contribution in [0.25, 0.3) is 10.9 Å². The first-order valence-corrected chi connectivity index (χ1v) is 9.11. The number of nitrogens with zero attached hydrogens (tertiary/aromatic N) is 4. The molecule has 4 rings (SSSR count). The second-order valence-corrected chi connectivity index (χ2v) is 7.02. The lowest BCUT2D eigenvalue weighted by molar-refractivity contribution is 0.122. The van der Waals surface area contributed by atoms with E-state index in [0.717, 1.165) is 59.7 Å². The summed E-state index contributed by atoms with van der Waals surface area (Å²) in [6, 6.07) is 6.51. The van der Waals surface area contributed by atoms with Gasteiger partial charge in [0.2, 0.25) is 5.95 Å². The van der Waals surface area contributed by atoms with E-state index >= 15 is 0 Å². The summed E-state index contributed by atoms with van der Waals surface area (Å²) in [5, 5.41) is 1.16. The molecule has 0 saturated carbocycles. The first-order chi connectivity index (χ1) is 13.0. The molecule has 0 unspecified atom stereocenters. The first-order valence-electron chi connectivity index (χ1n) is 9.11. The molecule has 3 aromatic rings. The highest BCUT2D eigenvalue weighted by Crippen LogP contribution is 2.28. The highest BCUT2D eigenvalue weighted by atomic mass is 16.5. The predicted octanol–water partition coefficient (Wildman–Crippen LogP) is 2.23. The van der Waals surface area contributed by atoms with Crippen molar-refractivity contribution < 1.29 is 4.74 Å². The average molecular weight is 364 g/mol. The van der Waals surface area contributed by atoms with Gasteiger partial charge >= 0.3 is 0 Å². The maximum Gasteiger partial charge on any atom is 0.221 e. The van der Waals surface area contributed by atoms with Crippen molar-refractivity contribution in [2.24, 2.45) is 0 Å². The molecule has 1 aromatic carbocycles. The number of benzene rings is 1. The fraction of sp³-hybridized carbons (Fsp3) is 0.350. The van der Waals surface area contributed by atoms with E-state index in [1.165, 1.54) is 5.56 Å². The van der Waals surface area contributed by atoms with Gasteiger partial charge in [0, 0.05) is 36.7 Å². The monoisotopic (exact) mass is 364 g/mol. The number of nitrogen functional groups attached to an aromatic ring is 2. The number of hydrogen-bond acceptors (Lipinski definition) is 7. The van der Waals surface area contributed by atoms with E-state index in [2.05, 4.69) is 46.9 Å². The average Bonchev–Trinajstić information content (AvgIpc) is 2.65. The Bertz CT molecular complexity index is 997. The number of hydrogen-bond donors (Lipinski definition) is 2. The van der Waals surface area contributed by atoms with Crippen LogP contribution in [0.3, 0.4) is 0 Å². The summed E-state index contributed by atoms with van der Waals surface area (Å²) >= 11 is 0. The van der Waals surface area contributed by atoms with E-state index in [-0.39, 0.29) is 5.95 Å². The maximum atomic E-state index is 5.99. The number of morpholine rings is 1. The van der Waals surface area contributed by atoms with Crippen LogP contribution in [0.1, 0.15) is 22.3 Å². The molecule has 140 valence electrons. The van der Waals surface area contributed by atoms with Crippen molar-refractivity contribution in [1.29, 1.82) is 0 Å². The van der Waals surface area contributed by atoms with E-state index < -0.39 is 0 Å². The zero-order valence-electron chi connectivity index (χ0n) is 15.7. The third-order valence-corrected chi connectivity index (χ3v) is 5.00. The summed E-state index contributed by atoms with van der Waals surface area (Å²) in [6.07, 6.45) is 2.36. The molecular formula is C20H24N6O.